The highest BCUT2D eigenvalue weighted by atomic mass is 16.5. The van der Waals surface area contributed by atoms with Crippen LogP contribution in [-0.4, -0.2) is 57.6 Å². The van der Waals surface area contributed by atoms with Crippen LogP contribution in [-0.2, 0) is 20.8 Å². The van der Waals surface area contributed by atoms with E-state index < -0.39 is 41.9 Å². The number of hydrogen-bond donors (Lipinski definition) is 3. The van der Waals surface area contributed by atoms with E-state index in [1.54, 1.807) is 0 Å². The number of aromatic carboxylic acids is 1. The van der Waals surface area contributed by atoms with E-state index in [9.17, 15) is 29.4 Å². The third kappa shape index (κ3) is 6.17. The molecule has 0 radical (unpaired) electrons. The van der Waals surface area contributed by atoms with Crippen molar-refractivity contribution in [3.05, 3.63) is 65.2 Å². The molecule has 1 unspecified atom stereocenters. The molecule has 0 aromatic heterocycles. The Morgan fingerprint density at radius 2 is 1.77 bits per heavy atom. The SMILES string of the molecule is CC(=O)N(C1COc2ccc(C(=O)O)cc21)[C@@H](Cc1ccccc1)C(=O)N[C@@H](CC(C)C)C(=O)O. The van der Waals surface area contributed by atoms with Crippen molar-refractivity contribution in [2.75, 3.05) is 6.61 Å². The van der Waals surface area contributed by atoms with Gasteiger partial charge in [0.1, 0.15) is 24.4 Å². The predicted octanol–water partition coefficient (Wildman–Crippen LogP) is 2.89. The second-order valence-corrected chi connectivity index (χ2v) is 9.05. The zero-order valence-corrected chi connectivity index (χ0v) is 19.9. The number of amides is 2. The summed E-state index contributed by atoms with van der Waals surface area (Å²) in [5, 5.41) is 21.7. The summed E-state index contributed by atoms with van der Waals surface area (Å²) < 4.78 is 5.72. The van der Waals surface area contributed by atoms with Gasteiger partial charge in [-0.05, 0) is 36.1 Å². The molecule has 35 heavy (non-hydrogen) atoms. The van der Waals surface area contributed by atoms with Gasteiger partial charge in [-0.25, -0.2) is 9.59 Å². The van der Waals surface area contributed by atoms with Crippen molar-refractivity contribution in [3.8, 4) is 5.75 Å². The van der Waals surface area contributed by atoms with Gasteiger partial charge in [0.15, 0.2) is 0 Å². The minimum absolute atomic E-state index is 0.0254. The van der Waals surface area contributed by atoms with Gasteiger partial charge in [-0.3, -0.25) is 9.59 Å². The molecule has 1 heterocycles. The molecule has 2 aromatic carbocycles. The Labute approximate surface area is 203 Å². The summed E-state index contributed by atoms with van der Waals surface area (Å²) in [6, 6.07) is 10.6. The molecule has 0 saturated carbocycles. The zero-order valence-electron chi connectivity index (χ0n) is 19.9. The number of carboxylic acid groups (broad SMARTS) is 2. The van der Waals surface area contributed by atoms with E-state index in [-0.39, 0.29) is 30.9 Å². The van der Waals surface area contributed by atoms with E-state index in [0.29, 0.717) is 11.3 Å². The molecule has 0 spiro atoms. The van der Waals surface area contributed by atoms with Gasteiger partial charge < -0.3 is 25.2 Å². The van der Waals surface area contributed by atoms with Crippen LogP contribution < -0.4 is 10.1 Å². The summed E-state index contributed by atoms with van der Waals surface area (Å²) in [7, 11) is 0. The summed E-state index contributed by atoms with van der Waals surface area (Å²) in [5.74, 6) is -2.82. The van der Waals surface area contributed by atoms with Gasteiger partial charge in [0, 0.05) is 18.9 Å². The number of fused-ring (bicyclic) bond motifs is 1. The van der Waals surface area contributed by atoms with Crippen molar-refractivity contribution in [1.29, 1.82) is 0 Å². The van der Waals surface area contributed by atoms with E-state index >= 15 is 0 Å². The normalized spacial score (nSPS) is 16.1. The predicted molar refractivity (Wildman–Crippen MR) is 127 cm³/mol. The van der Waals surface area contributed by atoms with Gasteiger partial charge >= 0.3 is 11.9 Å². The fourth-order valence-corrected chi connectivity index (χ4v) is 4.33. The average Bonchev–Trinajstić information content (AvgIpc) is 3.21. The number of hydrogen-bond acceptors (Lipinski definition) is 5. The Morgan fingerprint density at radius 1 is 1.09 bits per heavy atom. The number of benzene rings is 2. The largest absolute Gasteiger partial charge is 0.491 e. The van der Waals surface area contributed by atoms with Crippen LogP contribution in [0.5, 0.6) is 5.75 Å². The maximum Gasteiger partial charge on any atom is 0.335 e. The van der Waals surface area contributed by atoms with Crippen molar-refractivity contribution in [1.82, 2.24) is 10.2 Å². The lowest BCUT2D eigenvalue weighted by Crippen LogP contribution is -2.55. The molecule has 2 aromatic rings. The highest BCUT2D eigenvalue weighted by Crippen LogP contribution is 2.38. The van der Waals surface area contributed by atoms with E-state index in [1.165, 1.54) is 30.0 Å². The van der Waals surface area contributed by atoms with E-state index in [1.807, 2.05) is 44.2 Å². The Morgan fingerprint density at radius 3 is 2.34 bits per heavy atom. The molecule has 2 amide bonds. The lowest BCUT2D eigenvalue weighted by molar-refractivity contribution is -0.146. The maximum absolute atomic E-state index is 13.5. The number of carbonyl (C=O) groups excluding carboxylic acids is 2. The van der Waals surface area contributed by atoms with Gasteiger partial charge in [0.25, 0.3) is 0 Å². The van der Waals surface area contributed by atoms with Gasteiger partial charge in [0.2, 0.25) is 11.8 Å². The molecule has 1 aliphatic heterocycles. The number of carbonyl (C=O) groups is 4. The van der Waals surface area contributed by atoms with Crippen LogP contribution in [0.15, 0.2) is 48.5 Å². The van der Waals surface area contributed by atoms with Crippen LogP contribution in [0.2, 0.25) is 0 Å². The average molecular weight is 483 g/mol. The lowest BCUT2D eigenvalue weighted by Gasteiger charge is -2.35. The van der Waals surface area contributed by atoms with Crippen LogP contribution in [0.3, 0.4) is 0 Å². The molecule has 3 rings (SSSR count). The molecule has 186 valence electrons. The highest BCUT2D eigenvalue weighted by molar-refractivity contribution is 5.91. The number of aliphatic carboxylic acids is 1. The minimum atomic E-state index is -1.15. The second-order valence-electron chi connectivity index (χ2n) is 9.05. The third-order valence-electron chi connectivity index (χ3n) is 5.94. The minimum Gasteiger partial charge on any atom is -0.491 e. The fraction of sp³-hybridized carbons (Fsp3) is 0.385. The summed E-state index contributed by atoms with van der Waals surface area (Å²) >= 11 is 0. The molecule has 9 nitrogen and oxygen atoms in total. The van der Waals surface area contributed by atoms with Gasteiger partial charge in [-0.15, -0.1) is 0 Å². The van der Waals surface area contributed by atoms with Gasteiger partial charge in [-0.2, -0.15) is 0 Å². The highest BCUT2D eigenvalue weighted by Gasteiger charge is 2.40. The van der Waals surface area contributed by atoms with E-state index in [2.05, 4.69) is 5.32 Å². The Hall–Kier alpha value is -3.88. The van der Waals surface area contributed by atoms with Crippen molar-refractivity contribution < 1.29 is 34.1 Å². The lowest BCUT2D eigenvalue weighted by atomic mass is 9.97. The number of carboxylic acids is 2. The zero-order chi connectivity index (χ0) is 25.7. The first-order chi connectivity index (χ1) is 16.6. The maximum atomic E-state index is 13.5. The molecular formula is C26H30N2O7. The topological polar surface area (TPSA) is 133 Å². The monoisotopic (exact) mass is 482 g/mol. The Bertz CT molecular complexity index is 1100. The van der Waals surface area contributed by atoms with Crippen LogP contribution in [0.1, 0.15) is 54.7 Å². The number of nitrogens with zero attached hydrogens (tertiary/aromatic N) is 1. The molecule has 3 atom stereocenters. The van der Waals surface area contributed by atoms with Gasteiger partial charge in [0.05, 0.1) is 11.6 Å². The fourth-order valence-electron chi connectivity index (χ4n) is 4.33. The van der Waals surface area contributed by atoms with Crippen molar-refractivity contribution in [2.24, 2.45) is 5.92 Å². The Balaban J connectivity index is 2.01. The van der Waals surface area contributed by atoms with Crippen LogP contribution >= 0.6 is 0 Å². The molecule has 3 N–H and O–H groups in total. The summed E-state index contributed by atoms with van der Waals surface area (Å²) in [6.45, 7) is 5.09. The van der Waals surface area contributed by atoms with Crippen molar-refractivity contribution in [3.63, 3.8) is 0 Å². The number of nitrogens with one attached hydrogen (secondary N) is 1. The van der Waals surface area contributed by atoms with E-state index in [4.69, 9.17) is 4.74 Å². The summed E-state index contributed by atoms with van der Waals surface area (Å²) in [5.41, 5.74) is 1.31. The van der Waals surface area contributed by atoms with E-state index in [0.717, 1.165) is 5.56 Å². The Kier molecular flexibility index (Phi) is 8.11. The van der Waals surface area contributed by atoms with Crippen molar-refractivity contribution in [2.45, 2.75) is 51.7 Å². The van der Waals surface area contributed by atoms with Crippen molar-refractivity contribution >= 4 is 23.8 Å². The summed E-state index contributed by atoms with van der Waals surface area (Å²) in [4.78, 5) is 51.2. The molecule has 0 fully saturated rings. The first kappa shape index (κ1) is 25.7. The van der Waals surface area contributed by atoms with Gasteiger partial charge in [-0.1, -0.05) is 44.2 Å². The molecule has 1 aliphatic rings. The van der Waals surface area contributed by atoms with Crippen LogP contribution in [0.4, 0.5) is 0 Å². The smallest absolute Gasteiger partial charge is 0.335 e. The molecule has 0 bridgehead atoms. The molecular weight excluding hydrogens is 452 g/mol. The first-order valence-corrected chi connectivity index (χ1v) is 11.4. The standard InChI is InChI=1S/C26H30N2O7/c1-15(2)11-20(26(33)34)27-24(30)21(12-17-7-5-4-6-8-17)28(16(3)29)22-14-35-23-10-9-18(25(31)32)13-19(22)23/h4-10,13,15,20-22H,11-12,14H2,1-3H3,(H,27,30)(H,31,32)(H,33,34)/t20-,21-,22?/m0/s1. The van der Waals surface area contributed by atoms with Crippen LogP contribution in [0.25, 0.3) is 0 Å². The quantitative estimate of drug-likeness (QED) is 0.474. The number of ether oxygens (including phenoxy) is 1. The summed E-state index contributed by atoms with van der Waals surface area (Å²) in [6.07, 6.45) is 0.376. The molecule has 9 heteroatoms. The third-order valence-corrected chi connectivity index (χ3v) is 5.94. The first-order valence-electron chi connectivity index (χ1n) is 11.4. The number of rotatable bonds is 10. The molecule has 0 saturated heterocycles. The molecule has 0 aliphatic carbocycles. The second kappa shape index (κ2) is 11.0. The van der Waals surface area contributed by atoms with Crippen LogP contribution in [0, 0.1) is 5.92 Å².